The molecule has 1 amide bonds. The van der Waals surface area contributed by atoms with Gasteiger partial charge >= 0.3 is 0 Å². The highest BCUT2D eigenvalue weighted by atomic mass is 16.1. The Morgan fingerprint density at radius 1 is 1.06 bits per heavy atom. The maximum Gasteiger partial charge on any atom is 0.251 e. The summed E-state index contributed by atoms with van der Waals surface area (Å²) in [7, 11) is 0. The van der Waals surface area contributed by atoms with Gasteiger partial charge in [0.25, 0.3) is 5.91 Å². The zero-order chi connectivity index (χ0) is 13.1. The second kappa shape index (κ2) is 5.35. The molecule has 0 spiro atoms. The molecule has 0 aliphatic heterocycles. The molecule has 0 bridgehead atoms. The molecule has 94 valence electrons. The van der Waals surface area contributed by atoms with Crippen LogP contribution in [0.3, 0.4) is 0 Å². The summed E-state index contributed by atoms with van der Waals surface area (Å²) in [5, 5.41) is 3.00. The third-order valence-electron chi connectivity index (χ3n) is 2.62. The summed E-state index contributed by atoms with van der Waals surface area (Å²) in [4.78, 5) is 12.1. The first-order chi connectivity index (χ1) is 7.85. The number of benzene rings is 1. The molecule has 1 aromatic carbocycles. The number of hydrogen-bond acceptors (Lipinski definition) is 1. The zero-order valence-corrected chi connectivity index (χ0v) is 11.6. The number of carbonyl (C=O) groups excluding carboxylic acids is 1. The Hall–Kier alpha value is -1.31. The molecule has 1 rings (SSSR count). The fourth-order valence-electron chi connectivity index (χ4n) is 1.71. The van der Waals surface area contributed by atoms with Crippen molar-refractivity contribution in [3.05, 3.63) is 34.9 Å². The van der Waals surface area contributed by atoms with E-state index in [0.29, 0.717) is 0 Å². The summed E-state index contributed by atoms with van der Waals surface area (Å²) in [5.74, 6) is 0.0162. The second-order valence-corrected chi connectivity index (χ2v) is 5.45. The van der Waals surface area contributed by atoms with Crippen molar-refractivity contribution >= 4 is 5.91 Å². The van der Waals surface area contributed by atoms with Gasteiger partial charge in [0.2, 0.25) is 0 Å². The van der Waals surface area contributed by atoms with E-state index in [1.165, 1.54) is 11.1 Å². The van der Waals surface area contributed by atoms with Gasteiger partial charge in [-0.3, -0.25) is 4.79 Å². The first-order valence-electron chi connectivity index (χ1n) is 6.31. The van der Waals surface area contributed by atoms with Crippen LogP contribution in [0.15, 0.2) is 18.2 Å². The predicted molar refractivity (Wildman–Crippen MR) is 72.4 cm³/mol. The van der Waals surface area contributed by atoms with E-state index < -0.39 is 0 Å². The SMILES string of the molecule is CCc1cc(CC)cc(C(=O)NC(C)(C)C)c1. The number of amides is 1. The molecule has 0 fully saturated rings. The molecule has 0 aliphatic rings. The van der Waals surface area contributed by atoms with Crippen LogP contribution in [0.25, 0.3) is 0 Å². The zero-order valence-electron chi connectivity index (χ0n) is 11.6. The minimum absolute atomic E-state index is 0.0162. The van der Waals surface area contributed by atoms with Crippen molar-refractivity contribution in [2.75, 3.05) is 0 Å². The van der Waals surface area contributed by atoms with Gasteiger partial charge in [0.05, 0.1) is 0 Å². The first-order valence-corrected chi connectivity index (χ1v) is 6.31. The average molecular weight is 233 g/mol. The molecule has 0 heterocycles. The van der Waals surface area contributed by atoms with E-state index in [0.717, 1.165) is 18.4 Å². The van der Waals surface area contributed by atoms with Gasteiger partial charge in [0, 0.05) is 11.1 Å². The molecule has 1 N–H and O–H groups in total. The van der Waals surface area contributed by atoms with Crippen LogP contribution >= 0.6 is 0 Å². The van der Waals surface area contributed by atoms with E-state index in [-0.39, 0.29) is 11.4 Å². The highest BCUT2D eigenvalue weighted by molar-refractivity contribution is 5.95. The molecule has 0 saturated carbocycles. The number of carbonyl (C=O) groups is 1. The number of rotatable bonds is 3. The maximum atomic E-state index is 12.1. The van der Waals surface area contributed by atoms with E-state index >= 15 is 0 Å². The summed E-state index contributed by atoms with van der Waals surface area (Å²) in [6, 6.07) is 6.15. The van der Waals surface area contributed by atoms with Gasteiger partial charge < -0.3 is 5.32 Å². The topological polar surface area (TPSA) is 29.1 Å². The molecule has 0 saturated heterocycles. The monoisotopic (exact) mass is 233 g/mol. The normalized spacial score (nSPS) is 11.4. The fourth-order valence-corrected chi connectivity index (χ4v) is 1.71. The van der Waals surface area contributed by atoms with E-state index in [1.54, 1.807) is 0 Å². The molecule has 0 aromatic heterocycles. The van der Waals surface area contributed by atoms with Gasteiger partial charge in [0.1, 0.15) is 0 Å². The van der Waals surface area contributed by atoms with Crippen LogP contribution in [0.4, 0.5) is 0 Å². The maximum absolute atomic E-state index is 12.1. The molecule has 0 unspecified atom stereocenters. The molecular weight excluding hydrogens is 210 g/mol. The smallest absolute Gasteiger partial charge is 0.251 e. The van der Waals surface area contributed by atoms with Crippen molar-refractivity contribution in [3.8, 4) is 0 Å². The van der Waals surface area contributed by atoms with Crippen molar-refractivity contribution in [2.24, 2.45) is 0 Å². The van der Waals surface area contributed by atoms with Crippen LogP contribution in [0.5, 0.6) is 0 Å². The summed E-state index contributed by atoms with van der Waals surface area (Å²) < 4.78 is 0. The van der Waals surface area contributed by atoms with Gasteiger partial charge in [-0.1, -0.05) is 19.9 Å². The molecular formula is C15H23NO. The standard InChI is InChI=1S/C15H23NO/c1-6-11-8-12(7-2)10-13(9-11)14(17)16-15(3,4)5/h8-10H,6-7H2,1-5H3,(H,16,17). The summed E-state index contributed by atoms with van der Waals surface area (Å²) in [5.41, 5.74) is 3.04. The van der Waals surface area contributed by atoms with Crippen LogP contribution in [0.1, 0.15) is 56.1 Å². The molecule has 17 heavy (non-hydrogen) atoms. The van der Waals surface area contributed by atoms with Crippen molar-refractivity contribution in [2.45, 2.75) is 53.0 Å². The van der Waals surface area contributed by atoms with Crippen LogP contribution in [-0.2, 0) is 12.8 Å². The van der Waals surface area contributed by atoms with Gasteiger partial charge in [-0.05, 0) is 56.9 Å². The van der Waals surface area contributed by atoms with Crippen molar-refractivity contribution < 1.29 is 4.79 Å². The van der Waals surface area contributed by atoms with Crippen LogP contribution in [0, 0.1) is 0 Å². The summed E-state index contributed by atoms with van der Waals surface area (Å²) >= 11 is 0. The molecule has 1 aromatic rings. The minimum Gasteiger partial charge on any atom is -0.347 e. The minimum atomic E-state index is -0.189. The molecule has 0 atom stereocenters. The third kappa shape index (κ3) is 4.22. The lowest BCUT2D eigenvalue weighted by Crippen LogP contribution is -2.40. The largest absolute Gasteiger partial charge is 0.347 e. The van der Waals surface area contributed by atoms with E-state index in [4.69, 9.17) is 0 Å². The average Bonchev–Trinajstić information content (AvgIpc) is 2.26. The van der Waals surface area contributed by atoms with E-state index in [1.807, 2.05) is 32.9 Å². The molecule has 0 radical (unpaired) electrons. The molecule has 2 nitrogen and oxygen atoms in total. The van der Waals surface area contributed by atoms with Crippen LogP contribution in [-0.4, -0.2) is 11.4 Å². The number of hydrogen-bond donors (Lipinski definition) is 1. The lowest BCUT2D eigenvalue weighted by Gasteiger charge is -2.21. The summed E-state index contributed by atoms with van der Waals surface area (Å²) in [6.45, 7) is 10.2. The van der Waals surface area contributed by atoms with E-state index in [2.05, 4.69) is 25.2 Å². The Balaban J connectivity index is 3.00. The van der Waals surface area contributed by atoms with Crippen LogP contribution < -0.4 is 5.32 Å². The lowest BCUT2D eigenvalue weighted by atomic mass is 10.0. The predicted octanol–water partition coefficient (Wildman–Crippen LogP) is 3.34. The molecule has 0 aliphatic carbocycles. The number of aryl methyl sites for hydroxylation is 2. The Morgan fingerprint density at radius 2 is 1.53 bits per heavy atom. The van der Waals surface area contributed by atoms with E-state index in [9.17, 15) is 4.79 Å². The second-order valence-electron chi connectivity index (χ2n) is 5.45. The van der Waals surface area contributed by atoms with Crippen molar-refractivity contribution in [1.29, 1.82) is 0 Å². The summed E-state index contributed by atoms with van der Waals surface area (Å²) in [6.07, 6.45) is 1.92. The van der Waals surface area contributed by atoms with Gasteiger partial charge in [0.15, 0.2) is 0 Å². The Labute approximate surface area is 104 Å². The first kappa shape index (κ1) is 13.8. The van der Waals surface area contributed by atoms with Gasteiger partial charge in [-0.15, -0.1) is 0 Å². The third-order valence-corrected chi connectivity index (χ3v) is 2.62. The Kier molecular flexibility index (Phi) is 4.33. The lowest BCUT2D eigenvalue weighted by molar-refractivity contribution is 0.0919. The number of nitrogens with one attached hydrogen (secondary N) is 1. The Bertz CT molecular complexity index is 380. The van der Waals surface area contributed by atoms with Gasteiger partial charge in [-0.25, -0.2) is 0 Å². The Morgan fingerprint density at radius 3 is 1.88 bits per heavy atom. The van der Waals surface area contributed by atoms with Crippen LogP contribution in [0.2, 0.25) is 0 Å². The highest BCUT2D eigenvalue weighted by Crippen LogP contribution is 2.13. The molecule has 2 heteroatoms. The fraction of sp³-hybridized carbons (Fsp3) is 0.533. The highest BCUT2D eigenvalue weighted by Gasteiger charge is 2.15. The van der Waals surface area contributed by atoms with Crippen molar-refractivity contribution in [1.82, 2.24) is 5.32 Å². The van der Waals surface area contributed by atoms with Gasteiger partial charge in [-0.2, -0.15) is 0 Å². The quantitative estimate of drug-likeness (QED) is 0.852. The van der Waals surface area contributed by atoms with Crippen molar-refractivity contribution in [3.63, 3.8) is 0 Å².